The average Bonchev–Trinajstić information content (AvgIpc) is 2.75. The first-order valence-corrected chi connectivity index (χ1v) is 13.9. The molecule has 0 bridgehead atoms. The molecule has 0 aliphatic heterocycles. The standard InChI is InChI=1S/C24H38BOP/c26-21-18-16-20(17-19-21)25-27(22-10-4-1-5-11-22,23-12-6-2-7-13-23)24-14-8-3-9-15-24/h16-19,22-24,26H,1-15H2/q+1. The lowest BCUT2D eigenvalue weighted by molar-refractivity contribution is 0.457. The second-order valence-electron chi connectivity index (χ2n) is 9.49. The van der Waals surface area contributed by atoms with Crippen molar-refractivity contribution in [3.05, 3.63) is 24.3 Å². The van der Waals surface area contributed by atoms with Crippen molar-refractivity contribution < 1.29 is 5.11 Å². The predicted molar refractivity (Wildman–Crippen MR) is 121 cm³/mol. The van der Waals surface area contributed by atoms with Crippen molar-refractivity contribution >= 4 is 19.6 Å². The van der Waals surface area contributed by atoms with Crippen LogP contribution in [0.4, 0.5) is 0 Å². The van der Waals surface area contributed by atoms with E-state index in [1.807, 2.05) is 12.1 Å². The Balaban J connectivity index is 1.71. The summed E-state index contributed by atoms with van der Waals surface area (Å²) < 4.78 is 0. The number of phenolic OH excluding ortho intramolecular Hbond substituents is 1. The molecule has 147 valence electrons. The first-order chi connectivity index (χ1) is 13.3. The third-order valence-electron chi connectivity index (χ3n) is 7.89. The number of hydrogen-bond donors (Lipinski definition) is 1. The summed E-state index contributed by atoms with van der Waals surface area (Å²) in [4.78, 5) is 0. The normalized spacial score (nSPS) is 24.0. The zero-order valence-corrected chi connectivity index (χ0v) is 18.0. The molecule has 0 amide bonds. The summed E-state index contributed by atoms with van der Waals surface area (Å²) in [6.45, 7) is 2.86. The largest absolute Gasteiger partial charge is 0.508 e. The van der Waals surface area contributed by atoms with Crippen LogP contribution in [0.1, 0.15) is 96.3 Å². The van der Waals surface area contributed by atoms with Gasteiger partial charge < -0.3 is 5.11 Å². The van der Waals surface area contributed by atoms with E-state index < -0.39 is 7.14 Å². The third kappa shape index (κ3) is 4.42. The van der Waals surface area contributed by atoms with E-state index >= 15 is 0 Å². The van der Waals surface area contributed by atoms with Crippen LogP contribution in [-0.2, 0) is 0 Å². The summed E-state index contributed by atoms with van der Waals surface area (Å²) in [6.07, 6.45) is 22.2. The van der Waals surface area contributed by atoms with Gasteiger partial charge in [0.2, 0.25) is 0 Å². The number of rotatable bonds is 5. The van der Waals surface area contributed by atoms with Crippen LogP contribution in [0.3, 0.4) is 0 Å². The molecule has 4 rings (SSSR count). The SMILES string of the molecule is Oc1ccc([B][P+](C2CCCCC2)(C2CCCCC2)C2CCCCC2)cc1. The van der Waals surface area contributed by atoms with Gasteiger partial charge in [-0.15, -0.1) is 0 Å². The van der Waals surface area contributed by atoms with Crippen LogP contribution in [0.5, 0.6) is 5.75 Å². The van der Waals surface area contributed by atoms with Crippen LogP contribution in [0, 0.1) is 0 Å². The lowest BCUT2D eigenvalue weighted by Crippen LogP contribution is -2.41. The highest BCUT2D eigenvalue weighted by Gasteiger charge is 2.57. The van der Waals surface area contributed by atoms with Crippen molar-refractivity contribution in [1.82, 2.24) is 0 Å². The predicted octanol–water partition coefficient (Wildman–Crippen LogP) is 6.65. The minimum absolute atomic E-state index is 0.407. The summed E-state index contributed by atoms with van der Waals surface area (Å²) in [7, 11) is -1.17. The molecule has 1 nitrogen and oxygen atoms in total. The number of benzene rings is 1. The molecule has 3 aliphatic rings. The van der Waals surface area contributed by atoms with E-state index in [9.17, 15) is 5.11 Å². The van der Waals surface area contributed by atoms with Crippen LogP contribution < -0.4 is 5.46 Å². The van der Waals surface area contributed by atoms with Crippen LogP contribution in [0.25, 0.3) is 0 Å². The van der Waals surface area contributed by atoms with E-state index in [1.54, 1.807) is 0 Å². The van der Waals surface area contributed by atoms with Gasteiger partial charge in [0.15, 0.2) is 0 Å². The fraction of sp³-hybridized carbons (Fsp3) is 0.750. The highest BCUT2D eigenvalue weighted by molar-refractivity contribution is 8.03. The number of aromatic hydroxyl groups is 1. The molecule has 0 unspecified atom stereocenters. The molecule has 3 aliphatic carbocycles. The second kappa shape index (κ2) is 9.34. The smallest absolute Gasteiger partial charge is 0.396 e. The Morgan fingerprint density at radius 2 is 0.963 bits per heavy atom. The Hall–Kier alpha value is -0.485. The van der Waals surface area contributed by atoms with E-state index in [-0.39, 0.29) is 0 Å². The van der Waals surface area contributed by atoms with Crippen LogP contribution in [0.15, 0.2) is 24.3 Å². The van der Waals surface area contributed by atoms with Gasteiger partial charge >= 0.3 is 7.00 Å². The zero-order valence-electron chi connectivity index (χ0n) is 17.1. The molecule has 3 heteroatoms. The second-order valence-corrected chi connectivity index (χ2v) is 13.7. The zero-order chi connectivity index (χ0) is 18.5. The van der Waals surface area contributed by atoms with Crippen LogP contribution >= 0.6 is 7.14 Å². The molecular formula is C24H38BOP+. The fourth-order valence-electron chi connectivity index (χ4n) is 6.61. The fourth-order valence-corrected chi connectivity index (χ4v) is 13.5. The molecule has 0 saturated heterocycles. The summed E-state index contributed by atoms with van der Waals surface area (Å²) in [5.41, 5.74) is 4.38. The van der Waals surface area contributed by atoms with E-state index in [0.717, 1.165) is 17.0 Å². The first kappa shape index (κ1) is 19.8. The van der Waals surface area contributed by atoms with Crippen molar-refractivity contribution in [3.63, 3.8) is 0 Å². The molecule has 3 saturated carbocycles. The van der Waals surface area contributed by atoms with Gasteiger partial charge in [0.25, 0.3) is 0 Å². The maximum atomic E-state index is 9.80. The van der Waals surface area contributed by atoms with Crippen molar-refractivity contribution in [3.8, 4) is 5.75 Å². The number of phenols is 1. The van der Waals surface area contributed by atoms with E-state index in [0.29, 0.717) is 5.75 Å². The molecule has 0 heterocycles. The van der Waals surface area contributed by atoms with Crippen molar-refractivity contribution in [1.29, 1.82) is 0 Å². The first-order valence-electron chi connectivity index (χ1n) is 11.8. The molecule has 0 atom stereocenters. The van der Waals surface area contributed by atoms with Crippen LogP contribution in [-0.4, -0.2) is 29.1 Å². The highest BCUT2D eigenvalue weighted by Crippen LogP contribution is 2.75. The maximum Gasteiger partial charge on any atom is 0.396 e. The topological polar surface area (TPSA) is 20.2 Å². The van der Waals surface area contributed by atoms with Gasteiger partial charge in [-0.3, -0.25) is 0 Å². The van der Waals surface area contributed by atoms with Crippen molar-refractivity contribution in [2.45, 2.75) is 113 Å². The Morgan fingerprint density at radius 1 is 0.593 bits per heavy atom. The molecular weight excluding hydrogens is 346 g/mol. The Labute approximate surface area is 168 Å². The third-order valence-corrected chi connectivity index (χ3v) is 14.0. The Kier molecular flexibility index (Phi) is 6.86. The molecule has 1 aromatic carbocycles. The summed E-state index contributed by atoms with van der Waals surface area (Å²) in [5, 5.41) is 9.80. The van der Waals surface area contributed by atoms with E-state index in [1.165, 1.54) is 102 Å². The van der Waals surface area contributed by atoms with Crippen molar-refractivity contribution in [2.75, 3.05) is 0 Å². The molecule has 1 aromatic rings. The minimum Gasteiger partial charge on any atom is -0.508 e. The lowest BCUT2D eigenvalue weighted by atomic mass is 9.93. The van der Waals surface area contributed by atoms with Gasteiger partial charge in [-0.2, -0.15) is 0 Å². The quantitative estimate of drug-likeness (QED) is 0.445. The van der Waals surface area contributed by atoms with Gasteiger partial charge in [-0.25, -0.2) is 0 Å². The summed E-state index contributed by atoms with van der Waals surface area (Å²) in [6, 6.07) is 8.20. The van der Waals surface area contributed by atoms with Gasteiger partial charge in [-0.05, 0) is 102 Å². The molecule has 27 heavy (non-hydrogen) atoms. The number of hydrogen-bond acceptors (Lipinski definition) is 1. The molecule has 0 spiro atoms. The van der Waals surface area contributed by atoms with Gasteiger partial charge in [0.05, 0.1) is 17.0 Å². The van der Waals surface area contributed by atoms with Gasteiger partial charge in [0.1, 0.15) is 5.75 Å². The summed E-state index contributed by atoms with van der Waals surface area (Å²) in [5.74, 6) is 0.407. The Morgan fingerprint density at radius 3 is 1.33 bits per heavy atom. The highest BCUT2D eigenvalue weighted by atomic mass is 31.2. The maximum absolute atomic E-state index is 9.80. The summed E-state index contributed by atoms with van der Waals surface area (Å²) >= 11 is 0. The van der Waals surface area contributed by atoms with E-state index in [2.05, 4.69) is 19.1 Å². The molecule has 3 fully saturated rings. The monoisotopic (exact) mass is 384 g/mol. The van der Waals surface area contributed by atoms with Crippen molar-refractivity contribution in [2.24, 2.45) is 0 Å². The minimum atomic E-state index is -1.17. The average molecular weight is 384 g/mol. The van der Waals surface area contributed by atoms with Gasteiger partial charge in [-0.1, -0.05) is 31.4 Å². The molecule has 1 radical (unpaired) electrons. The Bertz CT molecular complexity index is 523. The van der Waals surface area contributed by atoms with Gasteiger partial charge in [0, 0.05) is 0 Å². The molecule has 1 N–H and O–H groups in total. The lowest BCUT2D eigenvalue weighted by Gasteiger charge is -2.49. The van der Waals surface area contributed by atoms with Crippen LogP contribution in [0.2, 0.25) is 0 Å². The van der Waals surface area contributed by atoms with E-state index in [4.69, 9.17) is 0 Å². The molecule has 0 aromatic heterocycles.